The Kier molecular flexibility index (Phi) is 5.31. The van der Waals surface area contributed by atoms with Gasteiger partial charge >= 0.3 is 0 Å². The number of nitrogens with one attached hydrogen (secondary N) is 2. The third kappa shape index (κ3) is 4.56. The summed E-state index contributed by atoms with van der Waals surface area (Å²) < 4.78 is 36.4. The van der Waals surface area contributed by atoms with E-state index in [1.807, 2.05) is 0 Å². The molecule has 0 unspecified atom stereocenters. The van der Waals surface area contributed by atoms with Crippen LogP contribution in [0.3, 0.4) is 0 Å². The van der Waals surface area contributed by atoms with Crippen molar-refractivity contribution < 1.29 is 17.6 Å². The van der Waals surface area contributed by atoms with Gasteiger partial charge in [0, 0.05) is 30.3 Å². The molecule has 0 aliphatic carbocycles. The van der Waals surface area contributed by atoms with E-state index in [2.05, 4.69) is 20.6 Å². The van der Waals surface area contributed by atoms with Gasteiger partial charge in [0.25, 0.3) is 5.91 Å². The highest BCUT2D eigenvalue weighted by Crippen LogP contribution is 2.22. The number of amides is 1. The molecular weight excluding hydrogens is 371 g/mol. The molecule has 0 atom stereocenters. The number of halogens is 1. The third-order valence-electron chi connectivity index (χ3n) is 3.84. The molecule has 0 aliphatic heterocycles. The van der Waals surface area contributed by atoms with E-state index in [9.17, 15) is 17.6 Å². The van der Waals surface area contributed by atoms with Crippen LogP contribution >= 0.6 is 0 Å². The van der Waals surface area contributed by atoms with Crippen LogP contribution in [-0.2, 0) is 9.84 Å². The summed E-state index contributed by atoms with van der Waals surface area (Å²) in [4.78, 5) is 20.4. The van der Waals surface area contributed by atoms with Crippen molar-refractivity contribution in [3.05, 3.63) is 60.2 Å². The van der Waals surface area contributed by atoms with E-state index >= 15 is 0 Å². The van der Waals surface area contributed by atoms with Crippen molar-refractivity contribution in [2.75, 3.05) is 24.7 Å². The number of sulfone groups is 1. The van der Waals surface area contributed by atoms with Gasteiger partial charge in [-0.2, -0.15) is 0 Å². The Hall–Kier alpha value is -3.07. The van der Waals surface area contributed by atoms with E-state index < -0.39 is 15.7 Å². The molecule has 7 nitrogen and oxygen atoms in total. The highest BCUT2D eigenvalue weighted by molar-refractivity contribution is 7.90. The molecule has 3 rings (SSSR count). The van der Waals surface area contributed by atoms with Gasteiger partial charge in [-0.25, -0.2) is 22.8 Å². The van der Waals surface area contributed by atoms with Gasteiger partial charge in [-0.15, -0.1) is 0 Å². The van der Waals surface area contributed by atoms with Crippen molar-refractivity contribution in [1.82, 2.24) is 15.3 Å². The molecule has 0 saturated carbocycles. The summed E-state index contributed by atoms with van der Waals surface area (Å²) in [5.41, 5.74) is 0.969. The molecule has 2 N–H and O–H groups in total. The lowest BCUT2D eigenvalue weighted by Gasteiger charge is -2.10. The lowest BCUT2D eigenvalue weighted by Crippen LogP contribution is -2.28. The van der Waals surface area contributed by atoms with Crippen molar-refractivity contribution in [2.24, 2.45) is 0 Å². The molecule has 0 aliphatic rings. The Morgan fingerprint density at radius 1 is 1.07 bits per heavy atom. The summed E-state index contributed by atoms with van der Waals surface area (Å²) in [6, 6.07) is 9.89. The molecule has 3 aromatic rings. The summed E-state index contributed by atoms with van der Waals surface area (Å²) in [5, 5.41) is 6.35. The summed E-state index contributed by atoms with van der Waals surface area (Å²) >= 11 is 0. The Balaban J connectivity index is 1.66. The number of carbonyl (C=O) groups is 1. The second kappa shape index (κ2) is 7.67. The van der Waals surface area contributed by atoms with Crippen LogP contribution < -0.4 is 10.6 Å². The van der Waals surface area contributed by atoms with E-state index in [0.717, 1.165) is 6.26 Å². The second-order valence-corrected chi connectivity index (χ2v) is 7.88. The first-order chi connectivity index (χ1) is 12.8. The molecular formula is C18H17FN4O3S. The minimum atomic E-state index is -3.35. The summed E-state index contributed by atoms with van der Waals surface area (Å²) in [6.45, 7) is 0.662. The van der Waals surface area contributed by atoms with Crippen LogP contribution in [0.25, 0.3) is 10.9 Å². The highest BCUT2D eigenvalue weighted by atomic mass is 32.2. The monoisotopic (exact) mass is 388 g/mol. The van der Waals surface area contributed by atoms with Crippen LogP contribution in [0.5, 0.6) is 0 Å². The van der Waals surface area contributed by atoms with Crippen molar-refractivity contribution in [1.29, 1.82) is 0 Å². The van der Waals surface area contributed by atoms with Gasteiger partial charge < -0.3 is 10.6 Å². The van der Waals surface area contributed by atoms with Gasteiger partial charge in [0.1, 0.15) is 18.0 Å². The lowest BCUT2D eigenvalue weighted by molar-refractivity contribution is 0.0955. The number of hydrogen-bond donors (Lipinski definition) is 2. The smallest absolute Gasteiger partial charge is 0.251 e. The lowest BCUT2D eigenvalue weighted by atomic mass is 10.2. The minimum Gasteiger partial charge on any atom is -0.368 e. The fraction of sp³-hybridized carbons (Fsp3) is 0.167. The fourth-order valence-electron chi connectivity index (χ4n) is 2.47. The van der Waals surface area contributed by atoms with Crippen molar-refractivity contribution in [3.8, 4) is 0 Å². The van der Waals surface area contributed by atoms with Crippen LogP contribution in [0.4, 0.5) is 10.2 Å². The van der Waals surface area contributed by atoms with Gasteiger partial charge in [0.2, 0.25) is 0 Å². The maximum Gasteiger partial charge on any atom is 0.251 e. The highest BCUT2D eigenvalue weighted by Gasteiger charge is 2.11. The number of rotatable bonds is 6. The fourth-order valence-corrected chi connectivity index (χ4v) is 3.11. The first-order valence-electron chi connectivity index (χ1n) is 8.07. The number of benzene rings is 2. The molecule has 0 bridgehead atoms. The van der Waals surface area contributed by atoms with Gasteiger partial charge in [-0.1, -0.05) is 0 Å². The number of carbonyl (C=O) groups excluding carboxylic acids is 1. The summed E-state index contributed by atoms with van der Waals surface area (Å²) in [6.07, 6.45) is 2.51. The van der Waals surface area contributed by atoms with E-state index in [-0.39, 0.29) is 10.8 Å². The maximum absolute atomic E-state index is 12.9. The largest absolute Gasteiger partial charge is 0.368 e. The first-order valence-corrected chi connectivity index (χ1v) is 9.96. The predicted octanol–water partition coefficient (Wildman–Crippen LogP) is 2.01. The number of anilines is 1. The molecule has 27 heavy (non-hydrogen) atoms. The molecule has 1 amide bonds. The Morgan fingerprint density at radius 3 is 2.52 bits per heavy atom. The van der Waals surface area contributed by atoms with Crippen molar-refractivity contribution >= 4 is 32.5 Å². The summed E-state index contributed by atoms with van der Waals surface area (Å²) in [5.74, 6) is -0.248. The van der Waals surface area contributed by atoms with Gasteiger partial charge in [0.05, 0.1) is 10.4 Å². The first kappa shape index (κ1) is 18.7. The third-order valence-corrected chi connectivity index (χ3v) is 4.95. The normalized spacial score (nSPS) is 11.3. The zero-order valence-electron chi connectivity index (χ0n) is 14.4. The topological polar surface area (TPSA) is 101 Å². The van der Waals surface area contributed by atoms with E-state index in [1.54, 1.807) is 6.07 Å². The average molecular weight is 388 g/mol. The maximum atomic E-state index is 12.9. The standard InChI is InChI=1S/C18H17FN4O3S/c1-27(25,26)14-6-7-16-15(10-14)17(23-11-22-16)20-8-9-21-18(24)12-2-4-13(19)5-3-12/h2-7,10-11H,8-9H2,1H3,(H,21,24)(H,20,22,23). The molecule has 0 spiro atoms. The molecule has 9 heteroatoms. The molecule has 1 heterocycles. The van der Waals surface area contributed by atoms with E-state index in [4.69, 9.17) is 0 Å². The SMILES string of the molecule is CS(=O)(=O)c1ccc2ncnc(NCCNC(=O)c3ccc(F)cc3)c2c1. The van der Waals surface area contributed by atoms with Crippen LogP contribution in [0.1, 0.15) is 10.4 Å². The Morgan fingerprint density at radius 2 is 1.81 bits per heavy atom. The van der Waals surface area contributed by atoms with Crippen LogP contribution in [0.2, 0.25) is 0 Å². The molecule has 0 fully saturated rings. The van der Waals surface area contributed by atoms with Crippen LogP contribution in [0.15, 0.2) is 53.7 Å². The number of nitrogens with zero attached hydrogens (tertiary/aromatic N) is 2. The van der Waals surface area contributed by atoms with Crippen molar-refractivity contribution in [3.63, 3.8) is 0 Å². The predicted molar refractivity (Wildman–Crippen MR) is 99.9 cm³/mol. The Bertz CT molecular complexity index is 1090. The van der Waals surface area contributed by atoms with Crippen LogP contribution in [-0.4, -0.2) is 43.6 Å². The molecule has 2 aromatic carbocycles. The minimum absolute atomic E-state index is 0.178. The van der Waals surface area contributed by atoms with Gasteiger partial charge in [-0.3, -0.25) is 4.79 Å². The number of fused-ring (bicyclic) bond motifs is 1. The van der Waals surface area contributed by atoms with Crippen LogP contribution in [0, 0.1) is 5.82 Å². The Labute approximate surface area is 155 Å². The number of hydrogen-bond acceptors (Lipinski definition) is 6. The second-order valence-electron chi connectivity index (χ2n) is 5.86. The average Bonchev–Trinajstić information content (AvgIpc) is 2.64. The molecule has 0 saturated heterocycles. The number of aromatic nitrogens is 2. The summed E-state index contributed by atoms with van der Waals surface area (Å²) in [7, 11) is -3.35. The zero-order chi connectivity index (χ0) is 19.4. The van der Waals surface area contributed by atoms with E-state index in [0.29, 0.717) is 35.4 Å². The van der Waals surface area contributed by atoms with Gasteiger partial charge in [0.15, 0.2) is 9.84 Å². The van der Waals surface area contributed by atoms with E-state index in [1.165, 1.54) is 42.7 Å². The molecule has 1 aromatic heterocycles. The van der Waals surface area contributed by atoms with Crippen molar-refractivity contribution in [2.45, 2.75) is 4.90 Å². The quantitative estimate of drug-likeness (QED) is 0.627. The molecule has 140 valence electrons. The molecule has 0 radical (unpaired) electrons. The van der Waals surface area contributed by atoms with Gasteiger partial charge in [-0.05, 0) is 42.5 Å². The zero-order valence-corrected chi connectivity index (χ0v) is 15.3.